The Morgan fingerprint density at radius 3 is 2.21 bits per heavy atom. The predicted octanol–water partition coefficient (Wildman–Crippen LogP) is 0.893. The number of hydrogen-bond acceptors (Lipinski definition) is 4. The molecule has 1 aromatic heterocycles. The third-order valence-corrected chi connectivity index (χ3v) is 1.69. The molecule has 0 aliphatic heterocycles. The van der Waals surface area contributed by atoms with E-state index in [1.807, 2.05) is 20.8 Å². The molecule has 0 fully saturated rings. The van der Waals surface area contributed by atoms with Gasteiger partial charge in [-0.05, 0) is 0 Å². The molecule has 5 heteroatoms. The molecule has 76 valence electrons. The van der Waals surface area contributed by atoms with Crippen molar-refractivity contribution in [3.05, 3.63) is 23.8 Å². The Morgan fingerprint density at radius 1 is 1.36 bits per heavy atom. The summed E-state index contributed by atoms with van der Waals surface area (Å²) in [5.74, 6) is 0.0532. The minimum absolute atomic E-state index is 0.145. The predicted molar refractivity (Wildman–Crippen MR) is 50.0 cm³/mol. The molecule has 2 N–H and O–H groups in total. The molecule has 0 saturated heterocycles. The number of aromatic nitrogens is 2. The van der Waals surface area contributed by atoms with E-state index in [4.69, 9.17) is 5.21 Å². The van der Waals surface area contributed by atoms with Gasteiger partial charge in [0.05, 0.1) is 5.56 Å². The summed E-state index contributed by atoms with van der Waals surface area (Å²) < 4.78 is 0. The van der Waals surface area contributed by atoms with E-state index in [1.54, 1.807) is 0 Å². The molecule has 0 saturated carbocycles. The van der Waals surface area contributed by atoms with Gasteiger partial charge in [0.15, 0.2) is 0 Å². The van der Waals surface area contributed by atoms with Gasteiger partial charge in [-0.1, -0.05) is 20.8 Å². The summed E-state index contributed by atoms with van der Waals surface area (Å²) in [5, 5.41) is 8.36. The van der Waals surface area contributed by atoms with Crippen molar-refractivity contribution in [3.63, 3.8) is 0 Å². The zero-order valence-electron chi connectivity index (χ0n) is 8.40. The number of rotatable bonds is 1. The van der Waals surface area contributed by atoms with Gasteiger partial charge in [-0.15, -0.1) is 0 Å². The molecule has 1 amide bonds. The molecule has 1 rings (SSSR count). The van der Waals surface area contributed by atoms with Crippen LogP contribution < -0.4 is 5.48 Å². The molecule has 0 spiro atoms. The fourth-order valence-electron chi connectivity index (χ4n) is 0.897. The largest absolute Gasteiger partial charge is 0.288 e. The standard InChI is InChI=1S/C9H13N3O2/c1-9(2,3)8-10-4-6(5-11-8)7(13)12-14/h4-5,14H,1-3H3,(H,12,13). The van der Waals surface area contributed by atoms with E-state index in [0.29, 0.717) is 5.82 Å². The third kappa shape index (κ3) is 2.26. The molecule has 1 aromatic rings. The van der Waals surface area contributed by atoms with Gasteiger partial charge < -0.3 is 0 Å². The lowest BCUT2D eigenvalue weighted by molar-refractivity contribution is 0.0705. The molecule has 0 bridgehead atoms. The van der Waals surface area contributed by atoms with E-state index >= 15 is 0 Å². The molecule has 14 heavy (non-hydrogen) atoms. The normalized spacial score (nSPS) is 11.1. The summed E-state index contributed by atoms with van der Waals surface area (Å²) in [5.41, 5.74) is 1.61. The number of amides is 1. The quantitative estimate of drug-likeness (QED) is 0.515. The van der Waals surface area contributed by atoms with Crippen LogP contribution in [0.5, 0.6) is 0 Å². The fourth-order valence-corrected chi connectivity index (χ4v) is 0.897. The number of hydroxylamine groups is 1. The number of nitrogens with zero attached hydrogens (tertiary/aromatic N) is 2. The first-order valence-corrected chi connectivity index (χ1v) is 4.22. The molecule has 0 unspecified atom stereocenters. The molecule has 0 radical (unpaired) electrons. The van der Waals surface area contributed by atoms with Crippen LogP contribution in [0.2, 0.25) is 0 Å². The minimum Gasteiger partial charge on any atom is -0.288 e. The zero-order chi connectivity index (χ0) is 10.8. The number of carbonyl (C=O) groups excluding carboxylic acids is 1. The highest BCUT2D eigenvalue weighted by Crippen LogP contribution is 2.16. The third-order valence-electron chi connectivity index (χ3n) is 1.69. The van der Waals surface area contributed by atoms with E-state index in [9.17, 15) is 4.79 Å². The molecule has 0 aliphatic rings. The van der Waals surface area contributed by atoms with Gasteiger partial charge in [-0.3, -0.25) is 10.0 Å². The Bertz CT molecular complexity index is 327. The van der Waals surface area contributed by atoms with Crippen molar-refractivity contribution in [2.24, 2.45) is 0 Å². The van der Waals surface area contributed by atoms with Gasteiger partial charge in [-0.2, -0.15) is 0 Å². The molecule has 0 atom stereocenters. The average Bonchev–Trinajstić information content (AvgIpc) is 2.15. The van der Waals surface area contributed by atoms with Crippen LogP contribution in [0.25, 0.3) is 0 Å². The second-order valence-corrected chi connectivity index (χ2v) is 3.99. The summed E-state index contributed by atoms with van der Waals surface area (Å²) >= 11 is 0. The van der Waals surface area contributed by atoms with E-state index in [1.165, 1.54) is 17.9 Å². The summed E-state index contributed by atoms with van der Waals surface area (Å²) in [7, 11) is 0. The first-order chi connectivity index (χ1) is 6.45. The zero-order valence-corrected chi connectivity index (χ0v) is 8.40. The number of nitrogens with one attached hydrogen (secondary N) is 1. The smallest absolute Gasteiger partial charge is 0.277 e. The highest BCUT2D eigenvalue weighted by atomic mass is 16.5. The van der Waals surface area contributed by atoms with Gasteiger partial charge in [0.1, 0.15) is 5.82 Å². The SMILES string of the molecule is CC(C)(C)c1ncc(C(=O)NO)cn1. The maximum atomic E-state index is 10.9. The Kier molecular flexibility index (Phi) is 2.81. The molecule has 5 nitrogen and oxygen atoms in total. The van der Waals surface area contributed by atoms with Crippen LogP contribution in [0.15, 0.2) is 12.4 Å². The number of carbonyl (C=O) groups is 1. The Balaban J connectivity index is 2.95. The van der Waals surface area contributed by atoms with Gasteiger partial charge >= 0.3 is 0 Å². The van der Waals surface area contributed by atoms with Crippen LogP contribution in [0, 0.1) is 0 Å². The topological polar surface area (TPSA) is 75.1 Å². The highest BCUT2D eigenvalue weighted by Gasteiger charge is 2.17. The highest BCUT2D eigenvalue weighted by molar-refractivity contribution is 5.92. The molecule has 1 heterocycles. The lowest BCUT2D eigenvalue weighted by atomic mass is 9.96. The maximum Gasteiger partial charge on any atom is 0.277 e. The van der Waals surface area contributed by atoms with Crippen molar-refractivity contribution in [1.29, 1.82) is 0 Å². The summed E-state index contributed by atoms with van der Waals surface area (Å²) in [4.78, 5) is 19.0. The van der Waals surface area contributed by atoms with Crippen molar-refractivity contribution >= 4 is 5.91 Å². The second-order valence-electron chi connectivity index (χ2n) is 3.99. The Morgan fingerprint density at radius 2 is 1.86 bits per heavy atom. The molecular formula is C9H13N3O2. The summed E-state index contributed by atoms with van der Waals surface area (Å²) in [6.07, 6.45) is 2.78. The van der Waals surface area contributed by atoms with E-state index in [0.717, 1.165) is 0 Å². The molecule has 0 aromatic carbocycles. The van der Waals surface area contributed by atoms with Crippen molar-refractivity contribution in [3.8, 4) is 0 Å². The summed E-state index contributed by atoms with van der Waals surface area (Å²) in [6.45, 7) is 5.94. The first-order valence-electron chi connectivity index (χ1n) is 4.22. The maximum absolute atomic E-state index is 10.9. The lowest BCUT2D eigenvalue weighted by Gasteiger charge is -2.15. The van der Waals surface area contributed by atoms with Crippen molar-refractivity contribution in [1.82, 2.24) is 15.4 Å². The van der Waals surface area contributed by atoms with Crippen molar-refractivity contribution in [2.45, 2.75) is 26.2 Å². The van der Waals surface area contributed by atoms with Crippen LogP contribution in [-0.2, 0) is 5.41 Å². The van der Waals surface area contributed by atoms with Crippen LogP contribution in [-0.4, -0.2) is 21.1 Å². The molecular weight excluding hydrogens is 182 g/mol. The van der Waals surface area contributed by atoms with Crippen LogP contribution in [0.4, 0.5) is 0 Å². The van der Waals surface area contributed by atoms with Crippen molar-refractivity contribution < 1.29 is 10.0 Å². The van der Waals surface area contributed by atoms with Crippen LogP contribution in [0.3, 0.4) is 0 Å². The van der Waals surface area contributed by atoms with E-state index < -0.39 is 5.91 Å². The monoisotopic (exact) mass is 195 g/mol. The second kappa shape index (κ2) is 3.71. The van der Waals surface area contributed by atoms with Gasteiger partial charge in [0.2, 0.25) is 0 Å². The fraction of sp³-hybridized carbons (Fsp3) is 0.444. The molecule has 0 aliphatic carbocycles. The van der Waals surface area contributed by atoms with E-state index in [-0.39, 0.29) is 11.0 Å². The van der Waals surface area contributed by atoms with Gasteiger partial charge in [0, 0.05) is 17.8 Å². The minimum atomic E-state index is -0.606. The average molecular weight is 195 g/mol. The van der Waals surface area contributed by atoms with Gasteiger partial charge in [-0.25, -0.2) is 15.4 Å². The summed E-state index contributed by atoms with van der Waals surface area (Å²) in [6, 6.07) is 0. The van der Waals surface area contributed by atoms with Crippen molar-refractivity contribution in [2.75, 3.05) is 0 Å². The van der Waals surface area contributed by atoms with Crippen LogP contribution in [0.1, 0.15) is 37.0 Å². The Labute approximate surface area is 82.2 Å². The Hall–Kier alpha value is -1.49. The van der Waals surface area contributed by atoms with Crippen LogP contribution >= 0.6 is 0 Å². The number of hydrogen-bond donors (Lipinski definition) is 2. The first kappa shape index (κ1) is 10.6. The lowest BCUT2D eigenvalue weighted by Crippen LogP contribution is -2.21. The van der Waals surface area contributed by atoms with Gasteiger partial charge in [0.25, 0.3) is 5.91 Å². The van der Waals surface area contributed by atoms with E-state index in [2.05, 4.69) is 9.97 Å².